The van der Waals surface area contributed by atoms with E-state index in [-0.39, 0.29) is 11.4 Å². The van der Waals surface area contributed by atoms with Crippen LogP contribution in [0.1, 0.15) is 5.56 Å². The summed E-state index contributed by atoms with van der Waals surface area (Å²) in [6.45, 7) is 0. The number of amides is 3. The molecule has 2 N–H and O–H groups in total. The second kappa shape index (κ2) is 8.55. The first-order valence-corrected chi connectivity index (χ1v) is 8.25. The summed E-state index contributed by atoms with van der Waals surface area (Å²) in [7, 11) is 0. The van der Waals surface area contributed by atoms with Gasteiger partial charge in [-0.1, -0.05) is 35.9 Å². The Morgan fingerprint density at radius 2 is 1.78 bits per heavy atom. The largest absolute Gasteiger partial charge is 0.325 e. The van der Waals surface area contributed by atoms with Crippen molar-refractivity contribution < 1.29 is 14.0 Å². The van der Waals surface area contributed by atoms with Crippen molar-refractivity contribution in [1.82, 2.24) is 5.32 Å². The van der Waals surface area contributed by atoms with E-state index in [1.807, 2.05) is 12.1 Å². The number of rotatable bonds is 5. The summed E-state index contributed by atoms with van der Waals surface area (Å²) in [5.41, 5.74) is 1.05. The number of carbonyl (C=O) groups excluding carboxylic acids is 2. The lowest BCUT2D eigenvalue weighted by atomic mass is 10.2. The molecule has 7 heteroatoms. The summed E-state index contributed by atoms with van der Waals surface area (Å²) in [6.07, 6.45) is 0. The number of thioether (sulfide) groups is 1. The molecular formula is C16H14ClFN2O2S. The summed E-state index contributed by atoms with van der Waals surface area (Å²) >= 11 is 7.15. The van der Waals surface area contributed by atoms with Crippen LogP contribution in [0.3, 0.4) is 0 Å². The third-order valence-electron chi connectivity index (χ3n) is 2.79. The third-order valence-corrected chi connectivity index (χ3v) is 4.05. The highest BCUT2D eigenvalue weighted by Crippen LogP contribution is 2.15. The third kappa shape index (κ3) is 5.92. The van der Waals surface area contributed by atoms with E-state index in [1.54, 1.807) is 18.2 Å². The Labute approximate surface area is 142 Å². The Morgan fingerprint density at radius 3 is 2.48 bits per heavy atom. The molecule has 0 saturated heterocycles. The average Bonchev–Trinajstić information content (AvgIpc) is 2.51. The molecule has 0 fully saturated rings. The van der Waals surface area contributed by atoms with E-state index in [2.05, 4.69) is 10.6 Å². The molecule has 3 amide bonds. The number of anilines is 1. The van der Waals surface area contributed by atoms with Crippen LogP contribution in [0.25, 0.3) is 0 Å². The van der Waals surface area contributed by atoms with Gasteiger partial charge in [-0.15, -0.1) is 11.8 Å². The maximum atomic E-state index is 13.4. The van der Waals surface area contributed by atoms with Crippen LogP contribution in [-0.2, 0) is 10.5 Å². The van der Waals surface area contributed by atoms with Crippen molar-refractivity contribution in [2.45, 2.75) is 5.75 Å². The van der Waals surface area contributed by atoms with Crippen LogP contribution < -0.4 is 10.6 Å². The Bertz CT molecular complexity index is 695. The molecule has 120 valence electrons. The predicted molar refractivity (Wildman–Crippen MR) is 91.2 cm³/mol. The first-order chi connectivity index (χ1) is 11.0. The fraction of sp³-hybridized carbons (Fsp3) is 0.125. The zero-order valence-electron chi connectivity index (χ0n) is 12.0. The molecular weight excluding hydrogens is 339 g/mol. The van der Waals surface area contributed by atoms with Gasteiger partial charge in [0.2, 0.25) is 5.91 Å². The van der Waals surface area contributed by atoms with E-state index in [0.29, 0.717) is 10.8 Å². The van der Waals surface area contributed by atoms with Gasteiger partial charge in [0, 0.05) is 10.8 Å². The molecule has 0 unspecified atom stereocenters. The highest BCUT2D eigenvalue weighted by atomic mass is 35.5. The highest BCUT2D eigenvalue weighted by molar-refractivity contribution is 7.99. The zero-order valence-corrected chi connectivity index (χ0v) is 13.6. The van der Waals surface area contributed by atoms with Gasteiger partial charge in [-0.2, -0.15) is 0 Å². The van der Waals surface area contributed by atoms with Gasteiger partial charge in [-0.25, -0.2) is 9.18 Å². The van der Waals surface area contributed by atoms with Crippen molar-refractivity contribution in [2.24, 2.45) is 0 Å². The van der Waals surface area contributed by atoms with E-state index in [4.69, 9.17) is 11.6 Å². The second-order valence-electron chi connectivity index (χ2n) is 4.60. The Kier molecular flexibility index (Phi) is 6.43. The van der Waals surface area contributed by atoms with Crippen LogP contribution in [0, 0.1) is 5.82 Å². The lowest BCUT2D eigenvalue weighted by Crippen LogP contribution is -2.35. The number of benzene rings is 2. The topological polar surface area (TPSA) is 58.2 Å². The zero-order chi connectivity index (χ0) is 16.7. The molecule has 2 aromatic carbocycles. The molecule has 2 rings (SSSR count). The monoisotopic (exact) mass is 352 g/mol. The number of hydrogen-bond acceptors (Lipinski definition) is 3. The van der Waals surface area contributed by atoms with E-state index in [1.165, 1.54) is 30.0 Å². The lowest BCUT2D eigenvalue weighted by Gasteiger charge is -2.07. The summed E-state index contributed by atoms with van der Waals surface area (Å²) in [5, 5.41) is 5.09. The second-order valence-corrected chi connectivity index (χ2v) is 6.02. The van der Waals surface area contributed by atoms with Crippen molar-refractivity contribution in [2.75, 3.05) is 11.1 Å². The maximum Gasteiger partial charge on any atom is 0.325 e. The van der Waals surface area contributed by atoms with Gasteiger partial charge in [-0.3, -0.25) is 10.1 Å². The van der Waals surface area contributed by atoms with E-state index in [9.17, 15) is 14.0 Å². The number of hydrogen-bond donors (Lipinski definition) is 2. The van der Waals surface area contributed by atoms with Gasteiger partial charge in [0.15, 0.2) is 0 Å². The first kappa shape index (κ1) is 17.3. The van der Waals surface area contributed by atoms with Crippen molar-refractivity contribution in [3.05, 3.63) is 64.9 Å². The molecule has 0 heterocycles. The number of nitrogens with one attached hydrogen (secondary N) is 2. The highest BCUT2D eigenvalue weighted by Gasteiger charge is 2.10. The lowest BCUT2D eigenvalue weighted by molar-refractivity contribution is -0.117. The minimum Gasteiger partial charge on any atom is -0.305 e. The number of halogens is 2. The van der Waals surface area contributed by atoms with Crippen LogP contribution in [0.2, 0.25) is 5.02 Å². The molecule has 0 bridgehead atoms. The van der Waals surface area contributed by atoms with Gasteiger partial charge < -0.3 is 5.32 Å². The standard InChI is InChI=1S/C16H14ClFN2O2S/c17-12-7-5-11(6-8-12)9-23-10-15(21)20-16(22)19-14-4-2-1-3-13(14)18/h1-8H,9-10H2,(H2,19,20,21,22). The summed E-state index contributed by atoms with van der Waals surface area (Å²) < 4.78 is 13.4. The molecule has 0 radical (unpaired) electrons. The van der Waals surface area contributed by atoms with Gasteiger partial charge in [-0.05, 0) is 29.8 Å². The van der Waals surface area contributed by atoms with Crippen molar-refractivity contribution in [3.63, 3.8) is 0 Å². The van der Waals surface area contributed by atoms with E-state index in [0.717, 1.165) is 5.56 Å². The van der Waals surface area contributed by atoms with Crippen LogP contribution in [0.4, 0.5) is 14.9 Å². The molecule has 23 heavy (non-hydrogen) atoms. The minimum absolute atomic E-state index is 0.0200. The van der Waals surface area contributed by atoms with Crippen molar-refractivity contribution in [3.8, 4) is 0 Å². The fourth-order valence-corrected chi connectivity index (χ4v) is 2.63. The van der Waals surface area contributed by atoms with Crippen molar-refractivity contribution in [1.29, 1.82) is 0 Å². The number of para-hydroxylation sites is 1. The van der Waals surface area contributed by atoms with E-state index >= 15 is 0 Å². The van der Waals surface area contributed by atoms with Gasteiger partial charge in [0.05, 0.1) is 11.4 Å². The Morgan fingerprint density at radius 1 is 1.09 bits per heavy atom. The fourth-order valence-electron chi connectivity index (χ4n) is 1.72. The predicted octanol–water partition coefficient (Wildman–Crippen LogP) is 4.06. The molecule has 0 aliphatic rings. The molecule has 0 atom stereocenters. The van der Waals surface area contributed by atoms with Crippen LogP contribution in [0.5, 0.6) is 0 Å². The molecule has 0 aliphatic heterocycles. The van der Waals surface area contributed by atoms with Gasteiger partial charge in [0.1, 0.15) is 5.82 Å². The van der Waals surface area contributed by atoms with Gasteiger partial charge >= 0.3 is 6.03 Å². The maximum absolute atomic E-state index is 13.4. The van der Waals surface area contributed by atoms with Crippen LogP contribution in [-0.4, -0.2) is 17.7 Å². The summed E-state index contributed by atoms with van der Waals surface area (Å²) in [6, 6.07) is 12.3. The Hall–Kier alpha value is -2.05. The number of imide groups is 1. The van der Waals surface area contributed by atoms with Crippen LogP contribution in [0.15, 0.2) is 48.5 Å². The number of urea groups is 1. The molecule has 2 aromatic rings. The van der Waals surface area contributed by atoms with Crippen molar-refractivity contribution >= 4 is 41.0 Å². The summed E-state index contributed by atoms with van der Waals surface area (Å²) in [5.74, 6) is -0.266. The smallest absolute Gasteiger partial charge is 0.305 e. The first-order valence-electron chi connectivity index (χ1n) is 6.72. The van der Waals surface area contributed by atoms with Crippen LogP contribution >= 0.6 is 23.4 Å². The normalized spacial score (nSPS) is 10.2. The number of carbonyl (C=O) groups is 2. The molecule has 0 saturated carbocycles. The quantitative estimate of drug-likeness (QED) is 0.853. The van der Waals surface area contributed by atoms with Gasteiger partial charge in [0.25, 0.3) is 0 Å². The minimum atomic E-state index is -0.757. The Balaban J connectivity index is 1.73. The SMILES string of the molecule is O=C(CSCc1ccc(Cl)cc1)NC(=O)Nc1ccccc1F. The molecule has 0 spiro atoms. The summed E-state index contributed by atoms with van der Waals surface area (Å²) in [4.78, 5) is 23.3. The average molecular weight is 353 g/mol. The molecule has 0 aromatic heterocycles. The van der Waals surface area contributed by atoms with E-state index < -0.39 is 17.8 Å². The molecule has 4 nitrogen and oxygen atoms in total. The molecule has 0 aliphatic carbocycles.